The van der Waals surface area contributed by atoms with E-state index in [1.807, 2.05) is 0 Å². The number of halogens is 1. The smallest absolute Gasteiger partial charge is 0.349 e. The molecule has 0 radical (unpaired) electrons. The highest BCUT2D eigenvalue weighted by Crippen LogP contribution is 1.91. The van der Waals surface area contributed by atoms with Crippen LogP contribution < -0.4 is 11.4 Å². The minimum atomic E-state index is -0.771. The van der Waals surface area contributed by atoms with Crippen molar-refractivity contribution in [1.29, 1.82) is 0 Å². The van der Waals surface area contributed by atoms with Crippen LogP contribution in [0.1, 0.15) is 0 Å². The normalized spacial score (nSPS) is 9.44. The van der Waals surface area contributed by atoms with Crippen molar-refractivity contribution < 1.29 is 4.39 Å². The second kappa shape index (κ2) is 1.85. The zero-order chi connectivity index (χ0) is 6.85. The molecule has 0 atom stereocenters. The van der Waals surface area contributed by atoms with Crippen molar-refractivity contribution in [2.45, 2.75) is 0 Å². The van der Waals surface area contributed by atoms with Gasteiger partial charge in [-0.05, 0) is 0 Å². The molecule has 1 aromatic rings. The Morgan fingerprint density at radius 1 is 1.78 bits per heavy atom. The van der Waals surface area contributed by atoms with Crippen LogP contribution in [-0.4, -0.2) is 9.97 Å². The molecule has 0 saturated carbocycles. The van der Waals surface area contributed by atoms with E-state index in [9.17, 15) is 9.18 Å². The minimum Gasteiger partial charge on any atom is -0.383 e. The number of H-pyrrole nitrogens is 1. The largest absolute Gasteiger partial charge is 0.383 e. The first-order valence-corrected chi connectivity index (χ1v) is 2.21. The second-order valence-corrected chi connectivity index (χ2v) is 1.46. The van der Waals surface area contributed by atoms with Gasteiger partial charge in [-0.1, -0.05) is 0 Å². The summed E-state index contributed by atoms with van der Waals surface area (Å²) in [7, 11) is 0. The molecule has 0 aliphatic carbocycles. The van der Waals surface area contributed by atoms with Gasteiger partial charge in [0.2, 0.25) is 0 Å². The monoisotopic (exact) mass is 128 g/mol. The van der Waals surface area contributed by atoms with Gasteiger partial charge in [0, 0.05) is 6.07 Å². The van der Waals surface area contributed by atoms with Crippen molar-refractivity contribution in [2.24, 2.45) is 0 Å². The third-order valence-corrected chi connectivity index (χ3v) is 0.732. The molecule has 1 aromatic heterocycles. The SMILES string of the molecule is Nc1cc([18F])[nH]c(=O)n1. The molecular formula is C4H4FN3O. The molecule has 0 saturated heterocycles. The van der Waals surface area contributed by atoms with E-state index in [0.29, 0.717) is 0 Å². The van der Waals surface area contributed by atoms with Crippen LogP contribution in [0.2, 0.25) is 0 Å². The number of nitrogens with zero attached hydrogens (tertiary/aromatic N) is 1. The van der Waals surface area contributed by atoms with Crippen molar-refractivity contribution in [3.63, 3.8) is 0 Å². The highest BCUT2D eigenvalue weighted by atomic mass is 18.2. The Labute approximate surface area is 49.5 Å². The molecule has 0 amide bonds. The van der Waals surface area contributed by atoms with Crippen LogP contribution in [0.25, 0.3) is 0 Å². The topological polar surface area (TPSA) is 71.8 Å². The Hall–Kier alpha value is -1.39. The van der Waals surface area contributed by atoms with Gasteiger partial charge >= 0.3 is 5.69 Å². The number of aromatic amines is 1. The van der Waals surface area contributed by atoms with E-state index in [1.165, 1.54) is 0 Å². The summed E-state index contributed by atoms with van der Waals surface area (Å²) < 4.78 is 12.1. The maximum atomic E-state index is 12.1. The lowest BCUT2D eigenvalue weighted by molar-refractivity contribution is 0.575. The van der Waals surface area contributed by atoms with Crippen LogP contribution in [0.15, 0.2) is 10.9 Å². The first-order valence-electron chi connectivity index (χ1n) is 2.21. The molecule has 0 bridgehead atoms. The zero-order valence-electron chi connectivity index (χ0n) is 4.39. The van der Waals surface area contributed by atoms with Gasteiger partial charge in [0.05, 0.1) is 0 Å². The van der Waals surface area contributed by atoms with E-state index >= 15 is 0 Å². The summed E-state index contributed by atoms with van der Waals surface area (Å²) in [5, 5.41) is 0. The van der Waals surface area contributed by atoms with Gasteiger partial charge in [0.1, 0.15) is 5.82 Å². The highest BCUT2D eigenvalue weighted by Gasteiger charge is 1.92. The first kappa shape index (κ1) is 5.74. The molecule has 0 aliphatic heterocycles. The van der Waals surface area contributed by atoms with Crippen LogP contribution in [0.5, 0.6) is 0 Å². The lowest BCUT2D eigenvalue weighted by atomic mass is 10.6. The van der Waals surface area contributed by atoms with Gasteiger partial charge < -0.3 is 5.73 Å². The molecule has 48 valence electrons. The van der Waals surface area contributed by atoms with Crippen molar-refractivity contribution in [3.05, 3.63) is 22.5 Å². The van der Waals surface area contributed by atoms with E-state index in [-0.39, 0.29) is 5.82 Å². The highest BCUT2D eigenvalue weighted by molar-refractivity contribution is 5.23. The Morgan fingerprint density at radius 3 is 2.89 bits per heavy atom. The van der Waals surface area contributed by atoms with E-state index in [4.69, 9.17) is 5.73 Å². The average molecular weight is 128 g/mol. The molecule has 4 nitrogen and oxygen atoms in total. The van der Waals surface area contributed by atoms with Crippen molar-refractivity contribution in [3.8, 4) is 0 Å². The van der Waals surface area contributed by atoms with E-state index < -0.39 is 11.6 Å². The predicted molar refractivity (Wildman–Crippen MR) is 29.2 cm³/mol. The molecular weight excluding hydrogens is 124 g/mol. The molecule has 1 rings (SSSR count). The zero-order valence-corrected chi connectivity index (χ0v) is 4.39. The van der Waals surface area contributed by atoms with Gasteiger partial charge in [0.25, 0.3) is 0 Å². The van der Waals surface area contributed by atoms with Crippen molar-refractivity contribution in [2.75, 3.05) is 5.73 Å². The van der Waals surface area contributed by atoms with Crippen molar-refractivity contribution in [1.82, 2.24) is 9.97 Å². The van der Waals surface area contributed by atoms with Gasteiger partial charge in [-0.2, -0.15) is 9.37 Å². The first-order chi connectivity index (χ1) is 4.18. The van der Waals surface area contributed by atoms with Crippen LogP contribution in [0.4, 0.5) is 10.2 Å². The van der Waals surface area contributed by atoms with Crippen LogP contribution in [-0.2, 0) is 0 Å². The van der Waals surface area contributed by atoms with Crippen LogP contribution >= 0.6 is 0 Å². The molecule has 0 spiro atoms. The van der Waals surface area contributed by atoms with Gasteiger partial charge in [-0.3, -0.25) is 4.98 Å². The maximum Gasteiger partial charge on any atom is 0.349 e. The Morgan fingerprint density at radius 2 is 2.44 bits per heavy atom. The number of nitrogen functional groups attached to an aromatic ring is 1. The summed E-state index contributed by atoms with van der Waals surface area (Å²) in [5.74, 6) is -0.885. The van der Waals surface area contributed by atoms with Gasteiger partial charge in [-0.25, -0.2) is 4.79 Å². The van der Waals surface area contributed by atoms with E-state index in [2.05, 4.69) is 4.98 Å². The van der Waals surface area contributed by atoms with Gasteiger partial charge in [0.15, 0.2) is 5.95 Å². The fraction of sp³-hybridized carbons (Fsp3) is 0. The molecule has 0 aromatic carbocycles. The number of rotatable bonds is 0. The summed E-state index contributed by atoms with van der Waals surface area (Å²) >= 11 is 0. The molecule has 0 aliphatic rings. The predicted octanol–water partition coefficient (Wildman–Crippen LogP) is -0.509. The minimum absolute atomic E-state index is 0.115. The molecule has 9 heavy (non-hydrogen) atoms. The molecule has 5 heteroatoms. The third-order valence-electron chi connectivity index (χ3n) is 0.732. The average Bonchev–Trinajstić information content (AvgIpc) is 1.59. The fourth-order valence-corrected chi connectivity index (χ4v) is 0.446. The third kappa shape index (κ3) is 1.25. The van der Waals surface area contributed by atoms with E-state index in [0.717, 1.165) is 6.07 Å². The summed E-state index contributed by atoms with van der Waals surface area (Å²) in [6.45, 7) is 0. The summed E-state index contributed by atoms with van der Waals surface area (Å²) in [6.07, 6.45) is 0. The molecule has 0 fully saturated rings. The number of hydrogen-bond donors (Lipinski definition) is 2. The number of nitrogens with one attached hydrogen (secondary N) is 1. The van der Waals surface area contributed by atoms with Crippen LogP contribution in [0, 0.1) is 5.95 Å². The maximum absolute atomic E-state index is 12.1. The van der Waals surface area contributed by atoms with Gasteiger partial charge in [-0.15, -0.1) is 0 Å². The summed E-state index contributed by atoms with van der Waals surface area (Å²) in [6, 6.07) is 0.932. The Kier molecular flexibility index (Phi) is 1.18. The fourth-order valence-electron chi connectivity index (χ4n) is 0.446. The molecule has 3 N–H and O–H groups in total. The number of nitrogens with two attached hydrogens (primary N) is 1. The lowest BCUT2D eigenvalue weighted by Gasteiger charge is -1.87. The molecule has 1 heterocycles. The van der Waals surface area contributed by atoms with Crippen LogP contribution in [0.3, 0.4) is 0 Å². The lowest BCUT2D eigenvalue weighted by Crippen LogP contribution is -2.13. The number of anilines is 1. The standard InChI is InChI=1S/C4H4FN3O/c5-2-1-3(6)8-4(9)7-2/h1H,(H3,6,7,8,9)/i5-1. The Balaban J connectivity index is 3.33. The number of hydrogen-bond acceptors (Lipinski definition) is 3. The number of aromatic nitrogens is 2. The second-order valence-electron chi connectivity index (χ2n) is 1.46. The molecule has 0 unspecified atom stereocenters. The quantitative estimate of drug-likeness (QED) is 0.462. The summed E-state index contributed by atoms with van der Waals surface area (Å²) in [4.78, 5) is 15.2. The Bertz CT molecular complexity index is 246. The summed E-state index contributed by atoms with van der Waals surface area (Å²) in [5.41, 5.74) is 4.22. The van der Waals surface area contributed by atoms with Crippen molar-refractivity contribution >= 4 is 5.82 Å². The van der Waals surface area contributed by atoms with E-state index in [1.54, 1.807) is 4.98 Å².